The number of carbonyl (C=O) groups is 2. The van der Waals surface area contributed by atoms with Gasteiger partial charge in [0.1, 0.15) is 0 Å². The van der Waals surface area contributed by atoms with Crippen molar-refractivity contribution in [1.82, 2.24) is 5.32 Å². The molecule has 0 aromatic heterocycles. The van der Waals surface area contributed by atoms with Crippen LogP contribution in [0, 0.1) is 0 Å². The summed E-state index contributed by atoms with van der Waals surface area (Å²) in [7, 11) is 0. The largest absolute Gasteiger partial charge is 0.353 e. The number of nitrogens with one attached hydrogen (secondary N) is 1. The molecule has 1 atom stereocenters. The monoisotopic (exact) mass is 257 g/mol. The Labute approximate surface area is 113 Å². The highest BCUT2D eigenvalue weighted by Crippen LogP contribution is 2.35. The van der Waals surface area contributed by atoms with E-state index in [-0.39, 0.29) is 17.6 Å². The number of hydrogen-bond acceptors (Lipinski definition) is 2. The molecule has 1 unspecified atom stereocenters. The lowest BCUT2D eigenvalue weighted by molar-refractivity contribution is -0.122. The van der Waals surface area contributed by atoms with Crippen LogP contribution in [-0.4, -0.2) is 17.7 Å². The molecule has 0 aliphatic heterocycles. The van der Waals surface area contributed by atoms with Gasteiger partial charge in [0, 0.05) is 18.0 Å². The Kier molecular flexibility index (Phi) is 2.92. The Balaban J connectivity index is 1.88. The molecule has 1 saturated carbocycles. The molecule has 0 radical (unpaired) electrons. The van der Waals surface area contributed by atoms with Gasteiger partial charge in [-0.3, -0.25) is 9.59 Å². The van der Waals surface area contributed by atoms with E-state index in [1.54, 1.807) is 0 Å². The van der Waals surface area contributed by atoms with Crippen LogP contribution in [0.5, 0.6) is 0 Å². The number of hydrogen-bond donors (Lipinski definition) is 1. The molecule has 1 N–H and O–H groups in total. The fourth-order valence-electron chi connectivity index (χ4n) is 2.65. The highest BCUT2D eigenvalue weighted by atomic mass is 16.2. The standard InChI is InChI=1S/C16H19NO2/c1-9(2)10-3-6-12-13(7-10)15(18)8-14(12)16(19)17-11-4-5-11/h3,6-7,9,11,14H,4-5,8H2,1-2H3,(H,17,19). The van der Waals surface area contributed by atoms with Gasteiger partial charge < -0.3 is 5.32 Å². The Bertz CT molecular complexity index is 544. The second kappa shape index (κ2) is 4.48. The first-order chi connectivity index (χ1) is 9.06. The molecule has 0 spiro atoms. The highest BCUT2D eigenvalue weighted by molar-refractivity contribution is 6.06. The van der Waals surface area contributed by atoms with E-state index in [0.29, 0.717) is 18.4 Å². The SMILES string of the molecule is CC(C)c1ccc2c(c1)C(=O)CC2C(=O)NC1CC1. The summed E-state index contributed by atoms with van der Waals surface area (Å²) in [5, 5.41) is 3.00. The summed E-state index contributed by atoms with van der Waals surface area (Å²) in [6.07, 6.45) is 2.48. The Morgan fingerprint density at radius 1 is 1.32 bits per heavy atom. The summed E-state index contributed by atoms with van der Waals surface area (Å²) in [5.41, 5.74) is 2.82. The van der Waals surface area contributed by atoms with E-state index in [1.807, 2.05) is 18.2 Å². The smallest absolute Gasteiger partial charge is 0.228 e. The normalized spacial score (nSPS) is 21.6. The lowest BCUT2D eigenvalue weighted by Gasteiger charge is -2.12. The molecule has 3 nitrogen and oxygen atoms in total. The van der Waals surface area contributed by atoms with Crippen molar-refractivity contribution in [1.29, 1.82) is 0 Å². The number of Topliss-reactive ketones (excluding diaryl/α,β-unsaturated/α-hetero) is 1. The third-order valence-electron chi connectivity index (χ3n) is 4.05. The van der Waals surface area contributed by atoms with Gasteiger partial charge in [-0.15, -0.1) is 0 Å². The van der Waals surface area contributed by atoms with Crippen molar-refractivity contribution >= 4 is 11.7 Å². The van der Waals surface area contributed by atoms with Crippen LogP contribution >= 0.6 is 0 Å². The molecule has 3 heteroatoms. The molecule has 0 bridgehead atoms. The van der Waals surface area contributed by atoms with Crippen LogP contribution in [0.25, 0.3) is 0 Å². The highest BCUT2D eigenvalue weighted by Gasteiger charge is 2.36. The third kappa shape index (κ3) is 2.29. The first-order valence-electron chi connectivity index (χ1n) is 7.03. The quantitative estimate of drug-likeness (QED) is 0.905. The minimum Gasteiger partial charge on any atom is -0.353 e. The summed E-state index contributed by atoms with van der Waals surface area (Å²) in [6, 6.07) is 6.32. The van der Waals surface area contributed by atoms with E-state index in [0.717, 1.165) is 29.5 Å². The van der Waals surface area contributed by atoms with E-state index in [4.69, 9.17) is 0 Å². The summed E-state index contributed by atoms with van der Waals surface area (Å²) >= 11 is 0. The van der Waals surface area contributed by atoms with Gasteiger partial charge in [-0.1, -0.05) is 26.0 Å². The lowest BCUT2D eigenvalue weighted by Crippen LogP contribution is -2.30. The van der Waals surface area contributed by atoms with Crippen LogP contribution < -0.4 is 5.32 Å². The number of fused-ring (bicyclic) bond motifs is 1. The minimum absolute atomic E-state index is 0.0203. The molecule has 1 aromatic carbocycles. The number of rotatable bonds is 3. The van der Waals surface area contributed by atoms with Gasteiger partial charge in [-0.25, -0.2) is 0 Å². The Morgan fingerprint density at radius 2 is 2.05 bits per heavy atom. The second-order valence-electron chi connectivity index (χ2n) is 5.96. The molecule has 1 fully saturated rings. The molecule has 1 aromatic rings. The number of benzene rings is 1. The fourth-order valence-corrected chi connectivity index (χ4v) is 2.65. The van der Waals surface area contributed by atoms with Gasteiger partial charge in [0.15, 0.2) is 5.78 Å². The number of amides is 1. The first kappa shape index (κ1) is 12.4. The average Bonchev–Trinajstić information content (AvgIpc) is 3.12. The maximum absolute atomic E-state index is 12.2. The van der Waals surface area contributed by atoms with Crippen LogP contribution in [-0.2, 0) is 4.79 Å². The Hall–Kier alpha value is -1.64. The lowest BCUT2D eigenvalue weighted by atomic mass is 9.95. The molecule has 19 heavy (non-hydrogen) atoms. The molecule has 2 aliphatic rings. The van der Waals surface area contributed by atoms with Crippen molar-refractivity contribution in [2.45, 2.75) is 51.0 Å². The average molecular weight is 257 g/mol. The zero-order valence-electron chi connectivity index (χ0n) is 11.4. The van der Waals surface area contributed by atoms with Crippen molar-refractivity contribution in [2.75, 3.05) is 0 Å². The van der Waals surface area contributed by atoms with E-state index < -0.39 is 0 Å². The minimum atomic E-state index is -0.274. The van der Waals surface area contributed by atoms with Crippen LogP contribution in [0.1, 0.15) is 66.4 Å². The predicted octanol–water partition coefficient (Wildman–Crippen LogP) is 2.76. The van der Waals surface area contributed by atoms with Gasteiger partial charge in [-0.2, -0.15) is 0 Å². The van der Waals surface area contributed by atoms with Gasteiger partial charge >= 0.3 is 0 Å². The second-order valence-corrected chi connectivity index (χ2v) is 5.96. The predicted molar refractivity (Wildman–Crippen MR) is 73.4 cm³/mol. The molecule has 0 saturated heterocycles. The fraction of sp³-hybridized carbons (Fsp3) is 0.500. The summed E-state index contributed by atoms with van der Waals surface area (Å²) < 4.78 is 0. The van der Waals surface area contributed by atoms with Crippen LogP contribution in [0.15, 0.2) is 18.2 Å². The zero-order valence-corrected chi connectivity index (χ0v) is 11.4. The maximum Gasteiger partial charge on any atom is 0.228 e. The summed E-state index contributed by atoms with van der Waals surface area (Å²) in [6.45, 7) is 4.22. The Morgan fingerprint density at radius 3 is 2.68 bits per heavy atom. The molecular formula is C16H19NO2. The van der Waals surface area contributed by atoms with E-state index >= 15 is 0 Å². The topological polar surface area (TPSA) is 46.2 Å². The van der Waals surface area contributed by atoms with Crippen molar-refractivity contribution in [3.8, 4) is 0 Å². The molecule has 3 rings (SSSR count). The third-order valence-corrected chi connectivity index (χ3v) is 4.05. The summed E-state index contributed by atoms with van der Waals surface area (Å²) in [5.74, 6) is 0.252. The van der Waals surface area contributed by atoms with E-state index in [2.05, 4.69) is 19.2 Å². The van der Waals surface area contributed by atoms with Gasteiger partial charge in [0.2, 0.25) is 5.91 Å². The van der Waals surface area contributed by atoms with Gasteiger partial charge in [0.25, 0.3) is 0 Å². The van der Waals surface area contributed by atoms with E-state index in [1.165, 1.54) is 0 Å². The van der Waals surface area contributed by atoms with Crippen LogP contribution in [0.2, 0.25) is 0 Å². The van der Waals surface area contributed by atoms with Crippen molar-refractivity contribution in [3.05, 3.63) is 34.9 Å². The van der Waals surface area contributed by atoms with E-state index in [9.17, 15) is 9.59 Å². The van der Waals surface area contributed by atoms with Crippen LogP contribution in [0.4, 0.5) is 0 Å². The number of ketones is 1. The molecule has 1 amide bonds. The zero-order chi connectivity index (χ0) is 13.6. The van der Waals surface area contributed by atoms with Gasteiger partial charge in [0.05, 0.1) is 5.92 Å². The molecule has 0 heterocycles. The summed E-state index contributed by atoms with van der Waals surface area (Å²) in [4.78, 5) is 24.2. The molecule has 2 aliphatic carbocycles. The maximum atomic E-state index is 12.2. The van der Waals surface area contributed by atoms with Crippen molar-refractivity contribution < 1.29 is 9.59 Å². The van der Waals surface area contributed by atoms with Crippen molar-refractivity contribution in [3.63, 3.8) is 0 Å². The van der Waals surface area contributed by atoms with Crippen molar-refractivity contribution in [2.24, 2.45) is 0 Å². The molecule has 100 valence electrons. The number of carbonyl (C=O) groups excluding carboxylic acids is 2. The van der Waals surface area contributed by atoms with Gasteiger partial charge in [-0.05, 0) is 36.0 Å². The van der Waals surface area contributed by atoms with Crippen LogP contribution in [0.3, 0.4) is 0 Å². The first-order valence-corrected chi connectivity index (χ1v) is 7.03. The molecular weight excluding hydrogens is 238 g/mol.